The summed E-state index contributed by atoms with van der Waals surface area (Å²) in [5.74, 6) is -0.0145. The SMILES string of the molecule is CC(=O)N(CCNC(=O)Cc1ccc(Br)cc1)C(C)(C)C. The highest BCUT2D eigenvalue weighted by Crippen LogP contribution is 2.13. The third kappa shape index (κ3) is 6.29. The Morgan fingerprint density at radius 2 is 1.76 bits per heavy atom. The molecule has 116 valence electrons. The number of benzene rings is 1. The van der Waals surface area contributed by atoms with E-state index in [0.29, 0.717) is 19.5 Å². The first-order chi connectivity index (χ1) is 9.70. The van der Waals surface area contributed by atoms with Gasteiger partial charge in [-0.3, -0.25) is 9.59 Å². The average Bonchev–Trinajstić information content (AvgIpc) is 2.35. The molecular formula is C16H23BrN2O2. The molecule has 0 saturated carbocycles. The van der Waals surface area contributed by atoms with Crippen molar-refractivity contribution in [2.24, 2.45) is 0 Å². The highest BCUT2D eigenvalue weighted by molar-refractivity contribution is 9.10. The minimum atomic E-state index is -0.234. The minimum absolute atomic E-state index is 0.0182. The van der Waals surface area contributed by atoms with Gasteiger partial charge in [-0.1, -0.05) is 28.1 Å². The van der Waals surface area contributed by atoms with Crippen LogP contribution < -0.4 is 5.32 Å². The summed E-state index contributed by atoms with van der Waals surface area (Å²) >= 11 is 3.36. The predicted octanol–water partition coefficient (Wildman–Crippen LogP) is 2.75. The standard InChI is InChI=1S/C16H23BrN2O2/c1-12(20)19(16(2,3)4)10-9-18-15(21)11-13-5-7-14(17)8-6-13/h5-8H,9-11H2,1-4H3,(H,18,21). The Morgan fingerprint density at radius 3 is 2.24 bits per heavy atom. The van der Waals surface area contributed by atoms with Gasteiger partial charge in [0.05, 0.1) is 6.42 Å². The summed E-state index contributed by atoms with van der Waals surface area (Å²) in [5.41, 5.74) is 0.734. The van der Waals surface area contributed by atoms with Crippen molar-refractivity contribution in [2.75, 3.05) is 13.1 Å². The molecule has 5 heteroatoms. The van der Waals surface area contributed by atoms with E-state index in [-0.39, 0.29) is 17.4 Å². The van der Waals surface area contributed by atoms with E-state index in [1.54, 1.807) is 11.8 Å². The predicted molar refractivity (Wildman–Crippen MR) is 88.0 cm³/mol. The van der Waals surface area contributed by atoms with Gasteiger partial charge < -0.3 is 10.2 Å². The summed E-state index contributed by atoms with van der Waals surface area (Å²) in [6, 6.07) is 7.67. The van der Waals surface area contributed by atoms with Gasteiger partial charge >= 0.3 is 0 Å². The number of hydrogen-bond acceptors (Lipinski definition) is 2. The van der Waals surface area contributed by atoms with Gasteiger partial charge in [0.1, 0.15) is 0 Å². The zero-order chi connectivity index (χ0) is 16.0. The van der Waals surface area contributed by atoms with E-state index < -0.39 is 0 Å². The first-order valence-corrected chi connectivity index (χ1v) is 7.79. The molecule has 0 bridgehead atoms. The Kier molecular flexibility index (Phi) is 6.40. The third-order valence-electron chi connectivity index (χ3n) is 3.13. The fraction of sp³-hybridized carbons (Fsp3) is 0.500. The van der Waals surface area contributed by atoms with Crippen molar-refractivity contribution >= 4 is 27.7 Å². The van der Waals surface area contributed by atoms with Gasteiger partial charge in [0.2, 0.25) is 11.8 Å². The second-order valence-electron chi connectivity index (χ2n) is 5.99. The Balaban J connectivity index is 2.42. The molecule has 2 amide bonds. The van der Waals surface area contributed by atoms with Crippen LogP contribution in [0.1, 0.15) is 33.3 Å². The van der Waals surface area contributed by atoms with Crippen molar-refractivity contribution in [3.8, 4) is 0 Å². The summed E-state index contributed by atoms with van der Waals surface area (Å²) in [7, 11) is 0. The highest BCUT2D eigenvalue weighted by atomic mass is 79.9. The van der Waals surface area contributed by atoms with Crippen LogP contribution in [0.2, 0.25) is 0 Å². The number of halogens is 1. The maximum atomic E-state index is 11.9. The highest BCUT2D eigenvalue weighted by Gasteiger charge is 2.23. The normalized spacial score (nSPS) is 11.1. The molecule has 0 atom stereocenters. The molecule has 0 unspecified atom stereocenters. The van der Waals surface area contributed by atoms with Crippen LogP contribution in [-0.2, 0) is 16.0 Å². The van der Waals surface area contributed by atoms with E-state index in [1.807, 2.05) is 45.0 Å². The van der Waals surface area contributed by atoms with Crippen LogP contribution in [-0.4, -0.2) is 35.3 Å². The van der Waals surface area contributed by atoms with E-state index >= 15 is 0 Å². The Bertz CT molecular complexity index is 492. The summed E-state index contributed by atoms with van der Waals surface area (Å²) in [6.45, 7) is 8.49. The monoisotopic (exact) mass is 354 g/mol. The Morgan fingerprint density at radius 1 is 1.19 bits per heavy atom. The zero-order valence-electron chi connectivity index (χ0n) is 13.1. The molecule has 0 aliphatic carbocycles. The van der Waals surface area contributed by atoms with Crippen molar-refractivity contribution in [1.29, 1.82) is 0 Å². The van der Waals surface area contributed by atoms with Crippen LogP contribution in [0.3, 0.4) is 0 Å². The number of nitrogens with zero attached hydrogens (tertiary/aromatic N) is 1. The molecule has 0 fully saturated rings. The van der Waals surface area contributed by atoms with Crippen molar-refractivity contribution in [3.05, 3.63) is 34.3 Å². The zero-order valence-corrected chi connectivity index (χ0v) is 14.7. The fourth-order valence-electron chi connectivity index (χ4n) is 2.12. The molecule has 21 heavy (non-hydrogen) atoms. The molecule has 4 nitrogen and oxygen atoms in total. The molecule has 0 aromatic heterocycles. The lowest BCUT2D eigenvalue weighted by molar-refractivity contribution is -0.134. The molecule has 1 aromatic rings. The van der Waals surface area contributed by atoms with Gasteiger partial charge in [-0.15, -0.1) is 0 Å². The van der Waals surface area contributed by atoms with Crippen LogP contribution in [0.5, 0.6) is 0 Å². The van der Waals surface area contributed by atoms with Crippen LogP contribution in [0.4, 0.5) is 0 Å². The summed E-state index contributed by atoms with van der Waals surface area (Å²) in [4.78, 5) is 25.2. The number of carbonyl (C=O) groups is 2. The summed E-state index contributed by atoms with van der Waals surface area (Å²) < 4.78 is 0.994. The van der Waals surface area contributed by atoms with Crippen LogP contribution in [0.15, 0.2) is 28.7 Å². The Hall–Kier alpha value is -1.36. The van der Waals surface area contributed by atoms with Gasteiger partial charge in [-0.2, -0.15) is 0 Å². The number of nitrogens with one attached hydrogen (secondary N) is 1. The van der Waals surface area contributed by atoms with Crippen LogP contribution >= 0.6 is 15.9 Å². The number of hydrogen-bond donors (Lipinski definition) is 1. The largest absolute Gasteiger partial charge is 0.354 e. The lowest BCUT2D eigenvalue weighted by atomic mass is 10.1. The van der Waals surface area contributed by atoms with Crippen LogP contribution in [0.25, 0.3) is 0 Å². The second kappa shape index (κ2) is 7.59. The second-order valence-corrected chi connectivity index (χ2v) is 6.91. The minimum Gasteiger partial charge on any atom is -0.354 e. The Labute approximate surface area is 135 Å². The molecule has 0 spiro atoms. The molecular weight excluding hydrogens is 332 g/mol. The fourth-order valence-corrected chi connectivity index (χ4v) is 2.39. The topological polar surface area (TPSA) is 49.4 Å². The number of amides is 2. The van der Waals surface area contributed by atoms with E-state index in [2.05, 4.69) is 21.2 Å². The number of rotatable bonds is 5. The third-order valence-corrected chi connectivity index (χ3v) is 3.65. The molecule has 1 N–H and O–H groups in total. The maximum absolute atomic E-state index is 11.9. The van der Waals surface area contributed by atoms with Crippen LogP contribution in [0, 0.1) is 0 Å². The molecule has 0 aliphatic rings. The van der Waals surface area contributed by atoms with E-state index in [4.69, 9.17) is 0 Å². The maximum Gasteiger partial charge on any atom is 0.224 e. The van der Waals surface area contributed by atoms with Gasteiger partial charge in [-0.25, -0.2) is 0 Å². The van der Waals surface area contributed by atoms with Gasteiger partial charge in [-0.05, 0) is 38.5 Å². The van der Waals surface area contributed by atoms with E-state index in [1.165, 1.54) is 0 Å². The lowest BCUT2D eigenvalue weighted by Gasteiger charge is -2.35. The molecule has 0 radical (unpaired) electrons. The summed E-state index contributed by atoms with van der Waals surface area (Å²) in [5, 5.41) is 2.86. The van der Waals surface area contributed by atoms with E-state index in [9.17, 15) is 9.59 Å². The molecule has 0 saturated heterocycles. The quantitative estimate of drug-likeness (QED) is 0.883. The molecule has 1 aromatic carbocycles. The van der Waals surface area contributed by atoms with Crippen molar-refractivity contribution in [1.82, 2.24) is 10.2 Å². The molecule has 0 aliphatic heterocycles. The first-order valence-electron chi connectivity index (χ1n) is 6.99. The van der Waals surface area contributed by atoms with Gasteiger partial charge in [0.25, 0.3) is 0 Å². The van der Waals surface area contributed by atoms with E-state index in [0.717, 1.165) is 10.0 Å². The molecule has 1 rings (SSSR count). The van der Waals surface area contributed by atoms with Gasteiger partial charge in [0, 0.05) is 30.0 Å². The van der Waals surface area contributed by atoms with Crippen molar-refractivity contribution in [3.63, 3.8) is 0 Å². The average molecular weight is 355 g/mol. The first kappa shape index (κ1) is 17.7. The van der Waals surface area contributed by atoms with Crippen molar-refractivity contribution in [2.45, 2.75) is 39.7 Å². The number of carbonyl (C=O) groups excluding carboxylic acids is 2. The van der Waals surface area contributed by atoms with Gasteiger partial charge in [0.15, 0.2) is 0 Å². The van der Waals surface area contributed by atoms with Crippen molar-refractivity contribution < 1.29 is 9.59 Å². The smallest absolute Gasteiger partial charge is 0.224 e. The lowest BCUT2D eigenvalue weighted by Crippen LogP contribution is -2.48. The summed E-state index contributed by atoms with van der Waals surface area (Å²) in [6.07, 6.45) is 0.350. The molecule has 0 heterocycles.